The molecule has 0 aliphatic heterocycles. The highest BCUT2D eigenvalue weighted by Gasteiger charge is 2.08. The van der Waals surface area contributed by atoms with Crippen LogP contribution in [-0.2, 0) is 4.79 Å². The number of carbonyl (C=O) groups is 2. The number of halogens is 1. The van der Waals surface area contributed by atoms with Gasteiger partial charge in [0.2, 0.25) is 5.91 Å². The molecule has 0 atom stereocenters. The Hall–Kier alpha value is -1.42. The summed E-state index contributed by atoms with van der Waals surface area (Å²) in [4.78, 5) is 25.9. The molecule has 0 saturated heterocycles. The van der Waals surface area contributed by atoms with Gasteiger partial charge in [0.25, 0.3) is 5.91 Å². The summed E-state index contributed by atoms with van der Waals surface area (Å²) in [5.41, 5.74) is 0.962. The van der Waals surface area contributed by atoms with Crippen LogP contribution in [0.15, 0.2) is 12.1 Å². The first-order chi connectivity index (χ1) is 6.49. The predicted molar refractivity (Wildman–Crippen MR) is 52.1 cm³/mol. The molecule has 5 heteroatoms. The zero-order valence-electron chi connectivity index (χ0n) is 7.80. The van der Waals surface area contributed by atoms with E-state index in [0.717, 1.165) is 0 Å². The lowest BCUT2D eigenvalue weighted by atomic mass is 10.2. The van der Waals surface area contributed by atoms with Gasteiger partial charge in [0.05, 0.1) is 0 Å². The fourth-order valence-electron chi connectivity index (χ4n) is 0.991. The van der Waals surface area contributed by atoms with E-state index < -0.39 is 11.8 Å². The van der Waals surface area contributed by atoms with Crippen LogP contribution in [0.3, 0.4) is 0 Å². The Labute approximate surface area is 86.3 Å². The van der Waals surface area contributed by atoms with Crippen molar-refractivity contribution >= 4 is 23.4 Å². The summed E-state index contributed by atoms with van der Waals surface area (Å²) in [5, 5.41) is 2.38. The number of hydrogen-bond donors (Lipinski definition) is 1. The van der Waals surface area contributed by atoms with Gasteiger partial charge in [0.1, 0.15) is 5.15 Å². The molecule has 0 saturated carbocycles. The van der Waals surface area contributed by atoms with Gasteiger partial charge in [-0.15, -0.1) is 0 Å². The molecule has 2 amide bonds. The van der Waals surface area contributed by atoms with Crippen molar-refractivity contribution in [3.05, 3.63) is 28.5 Å². The minimum Gasteiger partial charge on any atom is -0.293 e. The van der Waals surface area contributed by atoms with Crippen molar-refractivity contribution in [2.45, 2.75) is 13.8 Å². The Morgan fingerprint density at radius 1 is 1.43 bits per heavy atom. The number of aryl methyl sites for hydroxylation is 1. The van der Waals surface area contributed by atoms with E-state index >= 15 is 0 Å². The Morgan fingerprint density at radius 3 is 2.57 bits per heavy atom. The molecule has 1 aromatic heterocycles. The largest absolute Gasteiger partial charge is 0.293 e. The summed E-state index contributed by atoms with van der Waals surface area (Å²) in [7, 11) is 0. The number of pyridine rings is 1. The van der Waals surface area contributed by atoms with Crippen molar-refractivity contribution in [2.75, 3.05) is 0 Å². The number of carbonyl (C=O) groups excluding carboxylic acids is 2. The van der Waals surface area contributed by atoms with Crippen molar-refractivity contribution in [1.29, 1.82) is 0 Å². The third kappa shape index (κ3) is 2.81. The summed E-state index contributed by atoms with van der Waals surface area (Å²) in [6.07, 6.45) is 0. The number of hydrogen-bond acceptors (Lipinski definition) is 3. The molecule has 0 aliphatic carbocycles. The van der Waals surface area contributed by atoms with E-state index in [4.69, 9.17) is 11.6 Å². The van der Waals surface area contributed by atoms with Crippen LogP contribution in [0.1, 0.15) is 23.0 Å². The molecule has 0 aliphatic rings. The van der Waals surface area contributed by atoms with Crippen molar-refractivity contribution in [1.82, 2.24) is 10.3 Å². The highest BCUT2D eigenvalue weighted by Crippen LogP contribution is 2.09. The number of imide groups is 1. The molecular formula is C9H9ClN2O2. The van der Waals surface area contributed by atoms with Crippen molar-refractivity contribution in [2.24, 2.45) is 0 Å². The first-order valence-electron chi connectivity index (χ1n) is 3.95. The topological polar surface area (TPSA) is 59.1 Å². The molecule has 0 aromatic carbocycles. The fraction of sp³-hybridized carbons (Fsp3) is 0.222. The van der Waals surface area contributed by atoms with E-state index in [1.54, 1.807) is 13.0 Å². The average molecular weight is 213 g/mol. The Bertz CT molecular complexity index is 370. The van der Waals surface area contributed by atoms with Crippen molar-refractivity contribution in [3.8, 4) is 0 Å². The second-order valence-electron chi connectivity index (χ2n) is 2.83. The first kappa shape index (κ1) is 10.7. The smallest absolute Gasteiger partial charge is 0.258 e. The van der Waals surface area contributed by atoms with E-state index in [0.29, 0.717) is 11.3 Å². The molecule has 1 rings (SSSR count). The van der Waals surface area contributed by atoms with Gasteiger partial charge < -0.3 is 0 Å². The zero-order chi connectivity index (χ0) is 10.7. The number of nitrogens with one attached hydrogen (secondary N) is 1. The Kier molecular flexibility index (Phi) is 3.19. The second kappa shape index (κ2) is 4.19. The maximum atomic E-state index is 11.3. The third-order valence-corrected chi connectivity index (χ3v) is 1.67. The second-order valence-corrected chi connectivity index (χ2v) is 3.22. The molecule has 0 bridgehead atoms. The fourth-order valence-corrected chi connectivity index (χ4v) is 1.24. The highest BCUT2D eigenvalue weighted by atomic mass is 35.5. The summed E-state index contributed by atoms with van der Waals surface area (Å²) in [5.74, 6) is -0.870. The van der Waals surface area contributed by atoms with E-state index in [1.807, 2.05) is 0 Å². The molecule has 0 fully saturated rings. The maximum Gasteiger partial charge on any atom is 0.258 e. The molecular weight excluding hydrogens is 204 g/mol. The van der Waals surface area contributed by atoms with Gasteiger partial charge >= 0.3 is 0 Å². The van der Waals surface area contributed by atoms with Gasteiger partial charge in [-0.1, -0.05) is 11.6 Å². The van der Waals surface area contributed by atoms with Gasteiger partial charge in [0, 0.05) is 18.2 Å². The first-order valence-corrected chi connectivity index (χ1v) is 4.33. The Balaban J connectivity index is 2.95. The van der Waals surface area contributed by atoms with Crippen LogP contribution in [0.4, 0.5) is 0 Å². The molecule has 1 N–H and O–H groups in total. The normalized spacial score (nSPS) is 9.64. The minimum absolute atomic E-state index is 0.235. The summed E-state index contributed by atoms with van der Waals surface area (Å²) >= 11 is 5.65. The van der Waals surface area contributed by atoms with Gasteiger partial charge in [-0.05, 0) is 19.1 Å². The van der Waals surface area contributed by atoms with Crippen molar-refractivity contribution < 1.29 is 9.59 Å². The Morgan fingerprint density at radius 2 is 2.07 bits per heavy atom. The van der Waals surface area contributed by atoms with Gasteiger partial charge in [-0.25, -0.2) is 4.98 Å². The lowest BCUT2D eigenvalue weighted by Gasteiger charge is -2.02. The minimum atomic E-state index is -0.468. The summed E-state index contributed by atoms with van der Waals surface area (Å²) in [6.45, 7) is 2.99. The number of aromatic nitrogens is 1. The van der Waals surface area contributed by atoms with Crippen molar-refractivity contribution in [3.63, 3.8) is 0 Å². The van der Waals surface area contributed by atoms with E-state index in [-0.39, 0.29) is 5.15 Å². The highest BCUT2D eigenvalue weighted by molar-refractivity contribution is 6.29. The van der Waals surface area contributed by atoms with Crippen LogP contribution >= 0.6 is 11.6 Å². The lowest BCUT2D eigenvalue weighted by molar-refractivity contribution is -0.118. The summed E-state index contributed by atoms with van der Waals surface area (Å²) in [6, 6.07) is 2.97. The SMILES string of the molecule is CC(=O)NC(=O)c1cc(C)nc(Cl)c1. The number of nitrogens with zero attached hydrogens (tertiary/aromatic N) is 1. The molecule has 0 unspecified atom stereocenters. The van der Waals surface area contributed by atoms with Crippen LogP contribution in [-0.4, -0.2) is 16.8 Å². The molecule has 1 heterocycles. The van der Waals surface area contributed by atoms with E-state index in [9.17, 15) is 9.59 Å². The predicted octanol–water partition coefficient (Wildman–Crippen LogP) is 1.32. The summed E-state index contributed by atoms with van der Waals surface area (Å²) < 4.78 is 0. The van der Waals surface area contributed by atoms with Crippen LogP contribution in [0, 0.1) is 6.92 Å². The van der Waals surface area contributed by atoms with E-state index in [1.165, 1.54) is 13.0 Å². The quantitative estimate of drug-likeness (QED) is 0.715. The van der Waals surface area contributed by atoms with Gasteiger partial charge in [-0.3, -0.25) is 14.9 Å². The zero-order valence-corrected chi connectivity index (χ0v) is 8.55. The average Bonchev–Trinajstić information content (AvgIpc) is 2.00. The van der Waals surface area contributed by atoms with Gasteiger partial charge in [0.15, 0.2) is 0 Å². The standard InChI is InChI=1S/C9H9ClN2O2/c1-5-3-7(4-8(10)11-5)9(14)12-6(2)13/h3-4H,1-2H3,(H,12,13,14). The number of rotatable bonds is 1. The third-order valence-electron chi connectivity index (χ3n) is 1.47. The monoisotopic (exact) mass is 212 g/mol. The molecule has 14 heavy (non-hydrogen) atoms. The number of amides is 2. The van der Waals surface area contributed by atoms with Crippen LogP contribution in [0.2, 0.25) is 5.15 Å². The molecule has 74 valence electrons. The molecule has 4 nitrogen and oxygen atoms in total. The molecule has 0 spiro atoms. The maximum absolute atomic E-state index is 11.3. The van der Waals surface area contributed by atoms with Gasteiger partial charge in [-0.2, -0.15) is 0 Å². The van der Waals surface area contributed by atoms with Crippen LogP contribution in [0.5, 0.6) is 0 Å². The lowest BCUT2D eigenvalue weighted by Crippen LogP contribution is -2.28. The van der Waals surface area contributed by atoms with E-state index in [2.05, 4.69) is 10.3 Å². The van der Waals surface area contributed by atoms with Crippen LogP contribution in [0.25, 0.3) is 0 Å². The molecule has 1 aromatic rings. The van der Waals surface area contributed by atoms with Crippen LogP contribution < -0.4 is 5.32 Å². The molecule has 0 radical (unpaired) electrons.